The number of fused-ring (bicyclic) bond motifs is 1. The van der Waals surface area contributed by atoms with Gasteiger partial charge in [0.1, 0.15) is 12.7 Å². The van der Waals surface area contributed by atoms with Crippen LogP contribution in [0.3, 0.4) is 0 Å². The van der Waals surface area contributed by atoms with E-state index < -0.39 is 4.92 Å². The summed E-state index contributed by atoms with van der Waals surface area (Å²) in [6, 6.07) is 7.43. The van der Waals surface area contributed by atoms with Crippen LogP contribution in [-0.2, 0) is 0 Å². The third kappa shape index (κ3) is 2.95. The van der Waals surface area contributed by atoms with Gasteiger partial charge in [0.2, 0.25) is 11.6 Å². The summed E-state index contributed by atoms with van der Waals surface area (Å²) >= 11 is 0. The lowest BCUT2D eigenvalue weighted by Gasteiger charge is -2.32. The molecule has 1 saturated heterocycles. The Balaban J connectivity index is 1.75. The minimum atomic E-state index is -0.456. The van der Waals surface area contributed by atoms with Crippen LogP contribution in [0.4, 0.5) is 11.5 Å². The zero-order valence-electron chi connectivity index (χ0n) is 14.2. The van der Waals surface area contributed by atoms with Gasteiger partial charge in [0, 0.05) is 26.2 Å². The van der Waals surface area contributed by atoms with Crippen LogP contribution in [-0.4, -0.2) is 67.6 Å². The van der Waals surface area contributed by atoms with Crippen molar-refractivity contribution in [2.45, 2.75) is 0 Å². The molecule has 1 aromatic carbocycles. The molecule has 0 spiro atoms. The summed E-state index contributed by atoms with van der Waals surface area (Å²) < 4.78 is 1.62. The van der Waals surface area contributed by atoms with Gasteiger partial charge in [-0.25, -0.2) is 20.0 Å². The number of hydrogen-bond acceptors (Lipinski definition) is 8. The van der Waals surface area contributed by atoms with Crippen molar-refractivity contribution in [3.8, 4) is 5.82 Å². The predicted octanol–water partition coefficient (Wildman–Crippen LogP) is 1.30. The SMILES string of the molecule is CN1CCN(Nc2ncnc(-n3cnc4ccccc43)c2[N+](=O)[O-])CC1. The molecule has 0 saturated carbocycles. The zero-order valence-corrected chi connectivity index (χ0v) is 14.2. The van der Waals surface area contributed by atoms with E-state index in [-0.39, 0.29) is 17.3 Å². The van der Waals surface area contributed by atoms with E-state index in [9.17, 15) is 10.1 Å². The molecule has 1 aliphatic rings. The highest BCUT2D eigenvalue weighted by molar-refractivity contribution is 5.78. The van der Waals surface area contributed by atoms with E-state index in [0.717, 1.165) is 37.2 Å². The van der Waals surface area contributed by atoms with E-state index in [1.807, 2.05) is 36.3 Å². The normalized spacial score (nSPS) is 16.0. The van der Waals surface area contributed by atoms with Crippen molar-refractivity contribution < 1.29 is 4.92 Å². The first-order chi connectivity index (χ1) is 12.6. The third-order valence-electron chi connectivity index (χ3n) is 4.43. The lowest BCUT2D eigenvalue weighted by molar-refractivity contribution is -0.384. The van der Waals surface area contributed by atoms with Gasteiger partial charge < -0.3 is 4.90 Å². The maximum absolute atomic E-state index is 11.8. The van der Waals surface area contributed by atoms with Gasteiger partial charge in [0.05, 0.1) is 16.0 Å². The molecule has 0 atom stereocenters. The number of benzene rings is 1. The molecule has 3 heterocycles. The minimum absolute atomic E-state index is 0.172. The molecule has 1 N–H and O–H groups in total. The average molecular weight is 354 g/mol. The van der Waals surface area contributed by atoms with E-state index in [1.54, 1.807) is 10.9 Å². The molecule has 0 radical (unpaired) electrons. The standard InChI is InChI=1S/C16H18N8O2/c1-21-6-8-22(9-7-21)20-15-14(24(25)26)16(18-10-17-15)23-11-19-12-4-2-3-5-13(12)23/h2-5,10-11H,6-9H2,1H3,(H,17,18,20). The summed E-state index contributed by atoms with van der Waals surface area (Å²) in [4.78, 5) is 26.1. The average Bonchev–Trinajstić information content (AvgIpc) is 3.07. The maximum Gasteiger partial charge on any atom is 0.355 e. The molecule has 0 unspecified atom stereocenters. The summed E-state index contributed by atoms with van der Waals surface area (Å²) in [5.74, 6) is 0.373. The first-order valence-electron chi connectivity index (χ1n) is 8.25. The highest BCUT2D eigenvalue weighted by Crippen LogP contribution is 2.30. The molecule has 0 amide bonds. The molecular formula is C16H18N8O2. The number of likely N-dealkylation sites (N-methyl/N-ethyl adjacent to an activating group) is 1. The third-order valence-corrected chi connectivity index (χ3v) is 4.43. The Hall–Kier alpha value is -3.11. The second-order valence-corrected chi connectivity index (χ2v) is 6.16. The summed E-state index contributed by atoms with van der Waals surface area (Å²) in [6.45, 7) is 3.26. The van der Waals surface area contributed by atoms with E-state index >= 15 is 0 Å². The number of nitrogens with zero attached hydrogens (tertiary/aromatic N) is 7. The molecule has 4 rings (SSSR count). The van der Waals surface area contributed by atoms with Crippen molar-refractivity contribution in [3.05, 3.63) is 47.0 Å². The van der Waals surface area contributed by atoms with Crippen LogP contribution >= 0.6 is 0 Å². The van der Waals surface area contributed by atoms with Gasteiger partial charge in [-0.3, -0.25) is 20.1 Å². The Kier molecular flexibility index (Phi) is 4.19. The summed E-state index contributed by atoms with van der Waals surface area (Å²) in [5.41, 5.74) is 4.40. The largest absolute Gasteiger partial charge is 0.355 e. The van der Waals surface area contributed by atoms with Gasteiger partial charge in [-0.2, -0.15) is 0 Å². The summed E-state index contributed by atoms with van der Waals surface area (Å²) in [6.07, 6.45) is 2.87. The van der Waals surface area contributed by atoms with Crippen LogP contribution in [0.5, 0.6) is 0 Å². The number of hydrazine groups is 1. The molecule has 134 valence electrons. The van der Waals surface area contributed by atoms with Gasteiger partial charge in [-0.15, -0.1) is 0 Å². The lowest BCUT2D eigenvalue weighted by atomic mass is 10.3. The molecule has 0 aliphatic carbocycles. The predicted molar refractivity (Wildman–Crippen MR) is 96.0 cm³/mol. The van der Waals surface area contributed by atoms with Gasteiger partial charge >= 0.3 is 5.69 Å². The maximum atomic E-state index is 11.8. The topological polar surface area (TPSA) is 105 Å². The second-order valence-electron chi connectivity index (χ2n) is 6.16. The van der Waals surface area contributed by atoms with Crippen LogP contribution < -0.4 is 5.43 Å². The van der Waals surface area contributed by atoms with Crippen LogP contribution in [0, 0.1) is 10.1 Å². The number of imidazole rings is 1. The molecule has 3 aromatic rings. The number of nitro groups is 1. The first kappa shape index (κ1) is 16.4. The number of rotatable bonds is 4. The number of piperazine rings is 1. The van der Waals surface area contributed by atoms with Crippen molar-refractivity contribution in [1.29, 1.82) is 0 Å². The highest BCUT2D eigenvalue weighted by Gasteiger charge is 2.27. The fourth-order valence-corrected chi connectivity index (χ4v) is 2.99. The molecular weight excluding hydrogens is 336 g/mol. The van der Waals surface area contributed by atoms with E-state index in [2.05, 4.69) is 25.3 Å². The Morgan fingerprint density at radius 1 is 1.12 bits per heavy atom. The number of hydrogen-bond donors (Lipinski definition) is 1. The van der Waals surface area contributed by atoms with Crippen molar-refractivity contribution in [2.24, 2.45) is 0 Å². The molecule has 10 heteroatoms. The molecule has 1 fully saturated rings. The Morgan fingerprint density at radius 2 is 1.88 bits per heavy atom. The van der Waals surface area contributed by atoms with E-state index in [4.69, 9.17) is 0 Å². The molecule has 26 heavy (non-hydrogen) atoms. The monoisotopic (exact) mass is 354 g/mol. The molecule has 2 aromatic heterocycles. The smallest absolute Gasteiger partial charge is 0.304 e. The van der Waals surface area contributed by atoms with Gasteiger partial charge in [0.15, 0.2) is 0 Å². The van der Waals surface area contributed by atoms with Crippen LogP contribution in [0.1, 0.15) is 0 Å². The van der Waals surface area contributed by atoms with Crippen molar-refractivity contribution in [1.82, 2.24) is 29.4 Å². The fraction of sp³-hybridized carbons (Fsp3) is 0.312. The van der Waals surface area contributed by atoms with E-state index in [0.29, 0.717) is 0 Å². The highest BCUT2D eigenvalue weighted by atomic mass is 16.6. The lowest BCUT2D eigenvalue weighted by Crippen LogP contribution is -2.47. The van der Waals surface area contributed by atoms with Crippen molar-refractivity contribution in [3.63, 3.8) is 0 Å². The zero-order chi connectivity index (χ0) is 18.1. The number of para-hydroxylation sites is 2. The Labute approximate surface area is 149 Å². The minimum Gasteiger partial charge on any atom is -0.304 e. The quantitative estimate of drug-likeness (QED) is 0.552. The fourth-order valence-electron chi connectivity index (χ4n) is 2.99. The van der Waals surface area contributed by atoms with Crippen LogP contribution in [0.2, 0.25) is 0 Å². The van der Waals surface area contributed by atoms with Gasteiger partial charge in [-0.1, -0.05) is 12.1 Å². The molecule has 0 bridgehead atoms. The van der Waals surface area contributed by atoms with Gasteiger partial charge in [0.25, 0.3) is 0 Å². The second kappa shape index (κ2) is 6.65. The van der Waals surface area contributed by atoms with Crippen molar-refractivity contribution in [2.75, 3.05) is 38.7 Å². The number of anilines is 1. The molecule has 10 nitrogen and oxygen atoms in total. The molecule has 1 aliphatic heterocycles. The summed E-state index contributed by atoms with van der Waals surface area (Å²) in [5, 5.41) is 13.7. The number of nitrogens with one attached hydrogen (secondary N) is 1. The first-order valence-corrected chi connectivity index (χ1v) is 8.25. The van der Waals surface area contributed by atoms with Crippen LogP contribution in [0.15, 0.2) is 36.9 Å². The van der Waals surface area contributed by atoms with Gasteiger partial charge in [-0.05, 0) is 19.2 Å². The van der Waals surface area contributed by atoms with Crippen molar-refractivity contribution >= 4 is 22.5 Å². The Morgan fingerprint density at radius 3 is 2.65 bits per heavy atom. The Bertz CT molecular complexity index is 948. The van der Waals surface area contributed by atoms with E-state index in [1.165, 1.54) is 6.33 Å². The summed E-state index contributed by atoms with van der Waals surface area (Å²) in [7, 11) is 2.05. The van der Waals surface area contributed by atoms with Crippen LogP contribution in [0.25, 0.3) is 16.9 Å². The number of aromatic nitrogens is 4.